The second-order valence-electron chi connectivity index (χ2n) is 39.5. The Morgan fingerprint density at radius 2 is 0.667 bits per heavy atom. The molecule has 0 fully saturated rings. The summed E-state index contributed by atoms with van der Waals surface area (Å²) in [7, 11) is 0. The molecule has 10 aromatic heterocycles. The van der Waals surface area contributed by atoms with E-state index in [2.05, 4.69) is 226 Å². The maximum atomic E-state index is 13.3. The van der Waals surface area contributed by atoms with Crippen LogP contribution in [0.15, 0.2) is 170 Å². The number of aliphatic hydroxyl groups is 1. The Balaban J connectivity index is -0.000000249. The van der Waals surface area contributed by atoms with E-state index in [-0.39, 0.29) is 118 Å². The van der Waals surface area contributed by atoms with Crippen LogP contribution in [0.1, 0.15) is 385 Å². The molecule has 1 N–H and O–H groups in total. The summed E-state index contributed by atoms with van der Waals surface area (Å²) in [6, 6.07) is 34.2. The lowest BCUT2D eigenvalue weighted by Crippen LogP contribution is -2.17. The number of carbonyl (C=O) groups excluding carboxylic acids is 1. The number of aliphatic hydroxyl groups excluding tert-OH is 1. The molecule has 10 rings (SSSR count). The van der Waals surface area contributed by atoms with Crippen molar-refractivity contribution < 1.29 is 45.0 Å². The minimum Gasteiger partial charge on any atom is -0.389 e. The van der Waals surface area contributed by atoms with Gasteiger partial charge in [0, 0.05) is 148 Å². The quantitative estimate of drug-likeness (QED) is 0.0990. The molecule has 10 heterocycles. The molecule has 12 nitrogen and oxygen atoms in total. The lowest BCUT2D eigenvalue weighted by Gasteiger charge is -2.22. The van der Waals surface area contributed by atoms with Crippen molar-refractivity contribution >= 4 is 17.1 Å². The van der Waals surface area contributed by atoms with Gasteiger partial charge in [-0.1, -0.05) is 302 Å². The molecule has 0 spiro atoms. The molecule has 126 heavy (non-hydrogen) atoms. The molecule has 0 radical (unpaired) electrons. The highest BCUT2D eigenvalue weighted by Gasteiger charge is 2.35. The Morgan fingerprint density at radius 1 is 0.333 bits per heavy atom. The first-order valence-corrected chi connectivity index (χ1v) is 40.8. The molecular weight excluding hydrogens is 1620 g/mol. The van der Waals surface area contributed by atoms with Gasteiger partial charge in [-0.3, -0.25) is 34.7 Å². The number of nitrogens with zero attached hydrogens (tertiary/aromatic N) is 10. The zero-order valence-electron chi connectivity index (χ0n) is 78.0. The number of pyridine rings is 9. The maximum Gasteiger partial charge on any atom is 0.433 e. The number of thiazole rings is 1. The minimum atomic E-state index is -4.36. The van der Waals surface area contributed by atoms with Crippen molar-refractivity contribution in [3.63, 3.8) is 0 Å². The molecule has 1 unspecified atom stereocenters. The molecule has 0 aliphatic carbocycles. The van der Waals surface area contributed by atoms with Gasteiger partial charge in [0.05, 0.1) is 28.2 Å². The van der Waals surface area contributed by atoms with Crippen molar-refractivity contribution in [3.8, 4) is 0 Å². The Morgan fingerprint density at radius 3 is 0.921 bits per heavy atom. The summed E-state index contributed by atoms with van der Waals surface area (Å²) in [5, 5.41) is 12.8. The molecule has 0 saturated carbocycles. The second-order valence-corrected chi connectivity index (χ2v) is 40.4. The van der Waals surface area contributed by atoms with Gasteiger partial charge < -0.3 is 5.11 Å². The topological polar surface area (TPSA) is 166 Å². The number of Topliss-reactive ketones (excluding diaryl/α,β-unsaturated/α-hetero) is 1. The molecule has 0 bridgehead atoms. The van der Waals surface area contributed by atoms with Gasteiger partial charge in [-0.2, -0.15) is 30.7 Å². The summed E-state index contributed by atoms with van der Waals surface area (Å²) in [4.78, 5) is 52.1. The van der Waals surface area contributed by atoms with E-state index in [0.717, 1.165) is 57.3 Å². The molecule has 0 aliphatic rings. The van der Waals surface area contributed by atoms with E-state index < -0.39 is 35.8 Å². The standard InChI is InChI=1S/C11H17NO.C11H15NO.2C10H12F3N.C10H14FN.3C10H15N.C9H12FN.C7H11NS.7CH4/c2*1-8(13)9-6-5-7-12-10(9)11(2,3)4;2*1-9(2,3)7-5-4-6-8(14-7)10(11,12)13;1-7-5-8(11)9(12-6-7)10(2,3)4;2*1-8-5-6-9(11-7-8)10(2,3)4;1-8-6-5-7-11-9(8)10(2,3)4;1-9(2,3)7-5-4-6-8(10)11-7;1-7(2,3)6-8-4-5-9-6;;;;;;;/h5-8,13H,1-4H3;5-7H,1-4H3;2*4-6H,1-3H3;5-6H,1-4H3;3*5-7H,1-4H3;4-6H,1-3H3;4-5H,1-3H3;7*1H4. The average molecular weight is 1780 g/mol. The Labute approximate surface area is 764 Å². The van der Waals surface area contributed by atoms with Crippen LogP contribution in [0.4, 0.5) is 35.1 Å². The first-order valence-electron chi connectivity index (χ1n) is 39.9. The van der Waals surface area contributed by atoms with Gasteiger partial charge in [0.1, 0.15) is 17.2 Å². The van der Waals surface area contributed by atoms with Crippen molar-refractivity contribution in [2.24, 2.45) is 0 Å². The van der Waals surface area contributed by atoms with E-state index >= 15 is 0 Å². The molecule has 0 saturated heterocycles. The van der Waals surface area contributed by atoms with Crippen molar-refractivity contribution in [1.82, 2.24) is 49.8 Å². The first-order chi connectivity index (χ1) is 53.8. The van der Waals surface area contributed by atoms with Crippen LogP contribution in [0.25, 0.3) is 0 Å². The van der Waals surface area contributed by atoms with E-state index in [4.69, 9.17) is 0 Å². The van der Waals surface area contributed by atoms with Crippen LogP contribution in [0.3, 0.4) is 0 Å². The Hall–Kier alpha value is -8.95. The second kappa shape index (κ2) is 54.4. The molecule has 0 amide bonds. The SMILES string of the molecule is C.C.C.C.C.C.C.CC(=O)c1cccnc1C(C)(C)C.CC(C)(C)c1cccc(C(F)(F)F)n1.CC(C)(C)c1cccc(C(F)(F)F)n1.CC(C)(C)c1cccc(F)n1.CC(C)(C)c1nccs1.CC(O)c1cccnc1C(C)(C)C.Cc1ccc(C(C)(C)C)nc1.Cc1ccc(C(C)(C)C)nc1.Cc1cccnc1C(C)(C)C.Cc1cnc(C(C)(C)C)c(F)c1. The number of hydrogen-bond acceptors (Lipinski definition) is 13. The van der Waals surface area contributed by atoms with Crippen LogP contribution in [0.5, 0.6) is 0 Å². The number of halogens is 8. The summed E-state index contributed by atoms with van der Waals surface area (Å²) < 4.78 is 99.6. The third-order valence-electron chi connectivity index (χ3n) is 16.8. The summed E-state index contributed by atoms with van der Waals surface area (Å²) >= 11 is 1.72. The number of ketones is 1. The molecular formula is C105H166F8N10O2S. The lowest BCUT2D eigenvalue weighted by molar-refractivity contribution is -0.142. The largest absolute Gasteiger partial charge is 0.433 e. The third-order valence-corrected chi connectivity index (χ3v) is 18.0. The van der Waals surface area contributed by atoms with Gasteiger partial charge in [0.2, 0.25) is 5.95 Å². The number of rotatable bonds is 2. The fourth-order valence-electron chi connectivity index (χ4n) is 10.3. The third kappa shape index (κ3) is 49.4. The Bertz CT molecular complexity index is 4460. The number of aryl methyl sites for hydroxylation is 4. The van der Waals surface area contributed by atoms with E-state index in [0.29, 0.717) is 17.1 Å². The van der Waals surface area contributed by atoms with Gasteiger partial charge in [-0.15, -0.1) is 11.3 Å². The van der Waals surface area contributed by atoms with Crippen LogP contribution in [0, 0.1) is 39.5 Å². The van der Waals surface area contributed by atoms with Crippen LogP contribution in [-0.4, -0.2) is 60.7 Å². The van der Waals surface area contributed by atoms with Crippen molar-refractivity contribution in [1.29, 1.82) is 0 Å². The number of alkyl halides is 6. The number of carbonyl (C=O) groups is 1. The van der Waals surface area contributed by atoms with Gasteiger partial charge in [-0.05, 0) is 143 Å². The molecule has 0 aliphatic heterocycles. The number of aromatic nitrogens is 10. The normalized spacial score (nSPS) is 11.6. The molecule has 1 atom stereocenters. The van der Waals surface area contributed by atoms with Gasteiger partial charge in [0.25, 0.3) is 0 Å². The first kappa shape index (κ1) is 130. The smallest absolute Gasteiger partial charge is 0.389 e. The summed E-state index contributed by atoms with van der Waals surface area (Å²) in [6.07, 6.45) is 3.58. The summed E-state index contributed by atoms with van der Waals surface area (Å²) in [5.41, 5.74) is 11.8. The van der Waals surface area contributed by atoms with Crippen molar-refractivity contribution in [3.05, 3.63) is 283 Å². The fourth-order valence-corrected chi connectivity index (χ4v) is 11.0. The van der Waals surface area contributed by atoms with Gasteiger partial charge in [-0.25, -0.2) is 24.3 Å². The molecule has 710 valence electrons. The monoisotopic (exact) mass is 1780 g/mol. The fraction of sp³-hybridized carbons (Fsp3) is 0.533. The van der Waals surface area contributed by atoms with Crippen LogP contribution < -0.4 is 0 Å². The van der Waals surface area contributed by atoms with Gasteiger partial charge in [0.15, 0.2) is 5.78 Å². The predicted molar refractivity (Wildman–Crippen MR) is 524 cm³/mol. The lowest BCUT2D eigenvalue weighted by atomic mass is 9.87. The highest BCUT2D eigenvalue weighted by molar-refractivity contribution is 7.09. The number of hydrogen-bond donors (Lipinski definition) is 1. The predicted octanol–water partition coefficient (Wildman–Crippen LogP) is 32.1. The maximum absolute atomic E-state index is 13.3. The zero-order valence-corrected chi connectivity index (χ0v) is 78.8. The van der Waals surface area contributed by atoms with Crippen LogP contribution in [-0.2, 0) is 66.5 Å². The summed E-state index contributed by atoms with van der Waals surface area (Å²) in [6.45, 7) is 72.8. The molecule has 21 heteroatoms. The molecule has 0 aromatic carbocycles. The van der Waals surface area contributed by atoms with E-state index in [1.807, 2.05) is 151 Å². The molecule has 10 aromatic rings. The van der Waals surface area contributed by atoms with Crippen LogP contribution in [0.2, 0.25) is 0 Å². The van der Waals surface area contributed by atoms with E-state index in [9.17, 15) is 45.0 Å². The van der Waals surface area contributed by atoms with Crippen LogP contribution >= 0.6 is 11.3 Å². The Kier molecular flexibility index (Phi) is 56.2. The van der Waals surface area contributed by atoms with E-state index in [1.165, 1.54) is 51.7 Å². The minimum absolute atomic E-state index is 0. The van der Waals surface area contributed by atoms with Crippen molar-refractivity contribution in [2.45, 2.75) is 374 Å². The highest BCUT2D eigenvalue weighted by atomic mass is 32.1. The van der Waals surface area contributed by atoms with Crippen molar-refractivity contribution in [2.75, 3.05) is 0 Å². The highest BCUT2D eigenvalue weighted by Crippen LogP contribution is 2.34. The summed E-state index contributed by atoms with van der Waals surface area (Å²) in [5.74, 6) is -0.530. The average Bonchev–Trinajstić information content (AvgIpc) is 1.20. The zero-order chi connectivity index (χ0) is 92.3. The van der Waals surface area contributed by atoms with E-state index in [1.54, 1.807) is 68.0 Å². The van der Waals surface area contributed by atoms with Gasteiger partial charge >= 0.3 is 12.4 Å².